The summed E-state index contributed by atoms with van der Waals surface area (Å²) in [5.74, 6) is -1.90. The van der Waals surface area contributed by atoms with Crippen LogP contribution < -0.4 is 21.3 Å². The van der Waals surface area contributed by atoms with E-state index in [9.17, 15) is 24.3 Å². The molecule has 0 aliphatic carbocycles. The highest BCUT2D eigenvalue weighted by atomic mass is 16.5. The van der Waals surface area contributed by atoms with Crippen LogP contribution in [0.4, 0.5) is 4.79 Å². The van der Waals surface area contributed by atoms with Crippen molar-refractivity contribution in [3.05, 3.63) is 138 Å². The summed E-state index contributed by atoms with van der Waals surface area (Å²) in [5.41, 5.74) is 3.14. The molecule has 0 radical (unpaired) electrons. The van der Waals surface area contributed by atoms with E-state index in [1.165, 1.54) is 6.92 Å². The predicted molar refractivity (Wildman–Crippen MR) is 175 cm³/mol. The summed E-state index contributed by atoms with van der Waals surface area (Å²) in [6.07, 6.45) is 0.975. The molecule has 11 heteroatoms. The van der Waals surface area contributed by atoms with Crippen molar-refractivity contribution in [2.24, 2.45) is 0 Å². The average molecular weight is 638 g/mol. The molecule has 4 aromatic rings. The minimum Gasteiger partial charge on any atom is -0.445 e. The van der Waals surface area contributed by atoms with Gasteiger partial charge in [0, 0.05) is 25.4 Å². The Morgan fingerprint density at radius 2 is 1.21 bits per heavy atom. The quantitative estimate of drug-likeness (QED) is 0.134. The number of nitrogens with one attached hydrogen (secondary N) is 4. The number of nitrogens with zero attached hydrogens (tertiary/aromatic N) is 1. The molecule has 0 saturated carbocycles. The summed E-state index contributed by atoms with van der Waals surface area (Å²) >= 11 is 0. The zero-order valence-electron chi connectivity index (χ0n) is 26.0. The third-order valence-corrected chi connectivity index (χ3v) is 7.35. The lowest BCUT2D eigenvalue weighted by molar-refractivity contribution is -0.134. The van der Waals surface area contributed by atoms with Crippen molar-refractivity contribution >= 4 is 23.8 Å². The molecule has 1 heterocycles. The first kappa shape index (κ1) is 34.3. The van der Waals surface area contributed by atoms with Crippen LogP contribution in [0.5, 0.6) is 0 Å². The maximum atomic E-state index is 13.8. The molecular formula is C36H39N5O6. The lowest BCUT2D eigenvalue weighted by Gasteiger charge is -2.27. The van der Waals surface area contributed by atoms with E-state index < -0.39 is 48.0 Å². The summed E-state index contributed by atoms with van der Waals surface area (Å²) in [4.78, 5) is 56.5. The standard InChI is InChI=1S/C36H39N5O6/c1-25(39-36(46)47-24-29-15-9-4-10-16-29)33(43)41-31(22-27-17-19-37-20-18-27)34(44)40-30(21-26-11-5-2-6-12-26)32(42)35(45)38-23-28-13-7-3-8-14-28/h2-20,25,30-32,42H,21-24H2,1H3,(H,38,45)(H,39,46)(H,40,44)(H,41,43)/t25-,30-,31-,32?/m0/s1. The molecule has 4 atom stereocenters. The monoisotopic (exact) mass is 637 g/mol. The lowest BCUT2D eigenvalue weighted by atomic mass is 9.99. The van der Waals surface area contributed by atoms with Crippen LogP contribution in [-0.4, -0.2) is 58.1 Å². The number of carbonyl (C=O) groups is 4. The number of benzene rings is 3. The van der Waals surface area contributed by atoms with Crippen LogP contribution in [0.2, 0.25) is 0 Å². The van der Waals surface area contributed by atoms with Gasteiger partial charge in [-0.15, -0.1) is 0 Å². The Hall–Kier alpha value is -5.55. The molecule has 0 aliphatic rings. The van der Waals surface area contributed by atoms with Gasteiger partial charge in [-0.1, -0.05) is 91.0 Å². The Balaban J connectivity index is 1.45. The van der Waals surface area contributed by atoms with E-state index in [2.05, 4.69) is 26.3 Å². The molecule has 0 aliphatic heterocycles. The second-order valence-corrected chi connectivity index (χ2v) is 11.0. The Morgan fingerprint density at radius 1 is 0.660 bits per heavy atom. The van der Waals surface area contributed by atoms with Gasteiger partial charge in [0.25, 0.3) is 5.91 Å². The van der Waals surface area contributed by atoms with Gasteiger partial charge in [-0.3, -0.25) is 19.4 Å². The minimum absolute atomic E-state index is 0.0259. The van der Waals surface area contributed by atoms with E-state index in [-0.39, 0.29) is 26.0 Å². The van der Waals surface area contributed by atoms with Crippen LogP contribution in [-0.2, 0) is 45.1 Å². The molecule has 11 nitrogen and oxygen atoms in total. The van der Waals surface area contributed by atoms with E-state index in [0.29, 0.717) is 5.56 Å². The number of ether oxygens (including phenoxy) is 1. The second-order valence-electron chi connectivity index (χ2n) is 11.0. The molecule has 0 spiro atoms. The molecule has 0 bridgehead atoms. The molecule has 1 unspecified atom stereocenters. The predicted octanol–water partition coefficient (Wildman–Crippen LogP) is 2.83. The van der Waals surface area contributed by atoms with Crippen molar-refractivity contribution in [1.29, 1.82) is 0 Å². The molecule has 4 rings (SSSR count). The van der Waals surface area contributed by atoms with E-state index in [4.69, 9.17) is 4.74 Å². The number of amides is 4. The Labute approximate surface area is 273 Å². The molecule has 3 aromatic carbocycles. The maximum absolute atomic E-state index is 13.8. The van der Waals surface area contributed by atoms with Gasteiger partial charge in [-0.05, 0) is 47.7 Å². The highest BCUT2D eigenvalue weighted by Gasteiger charge is 2.32. The number of rotatable bonds is 15. The third-order valence-electron chi connectivity index (χ3n) is 7.35. The average Bonchev–Trinajstić information content (AvgIpc) is 3.10. The summed E-state index contributed by atoms with van der Waals surface area (Å²) in [6, 6.07) is 27.7. The van der Waals surface area contributed by atoms with Gasteiger partial charge in [-0.2, -0.15) is 0 Å². The van der Waals surface area contributed by atoms with Crippen molar-refractivity contribution in [2.75, 3.05) is 0 Å². The summed E-state index contributed by atoms with van der Waals surface area (Å²) < 4.78 is 5.22. The fourth-order valence-corrected chi connectivity index (χ4v) is 4.73. The summed E-state index contributed by atoms with van der Waals surface area (Å²) in [6.45, 7) is 1.69. The van der Waals surface area contributed by atoms with Crippen LogP contribution >= 0.6 is 0 Å². The number of pyridine rings is 1. The number of aromatic nitrogens is 1. The van der Waals surface area contributed by atoms with Crippen molar-refractivity contribution in [2.45, 2.75) is 57.1 Å². The lowest BCUT2D eigenvalue weighted by Crippen LogP contribution is -2.58. The largest absolute Gasteiger partial charge is 0.445 e. The van der Waals surface area contributed by atoms with Crippen molar-refractivity contribution < 1.29 is 29.0 Å². The second kappa shape index (κ2) is 17.8. The fourth-order valence-electron chi connectivity index (χ4n) is 4.73. The first-order valence-electron chi connectivity index (χ1n) is 15.3. The molecular weight excluding hydrogens is 598 g/mol. The topological polar surface area (TPSA) is 159 Å². The Bertz CT molecular complexity index is 1580. The number of hydrogen-bond acceptors (Lipinski definition) is 7. The van der Waals surface area contributed by atoms with Crippen molar-refractivity contribution in [3.63, 3.8) is 0 Å². The molecule has 47 heavy (non-hydrogen) atoms. The normalized spacial score (nSPS) is 13.2. The Kier molecular flexibility index (Phi) is 13.0. The molecule has 0 fully saturated rings. The van der Waals surface area contributed by atoms with Gasteiger partial charge < -0.3 is 31.1 Å². The SMILES string of the molecule is C[C@H](NC(=O)OCc1ccccc1)C(=O)N[C@@H](Cc1ccncc1)C(=O)N[C@@H](Cc1ccccc1)C(O)C(=O)NCc1ccccc1. The third kappa shape index (κ3) is 11.4. The molecule has 1 aromatic heterocycles. The number of aliphatic hydroxyl groups excluding tert-OH is 1. The van der Waals surface area contributed by atoms with Crippen LogP contribution in [0.15, 0.2) is 116 Å². The zero-order valence-corrected chi connectivity index (χ0v) is 26.0. The Morgan fingerprint density at radius 3 is 1.83 bits per heavy atom. The van der Waals surface area contributed by atoms with Crippen LogP contribution in [0, 0.1) is 0 Å². The van der Waals surface area contributed by atoms with Gasteiger partial charge in [0.15, 0.2) is 6.10 Å². The minimum atomic E-state index is -1.60. The first-order chi connectivity index (χ1) is 22.8. The molecule has 244 valence electrons. The van der Waals surface area contributed by atoms with Gasteiger partial charge in [-0.25, -0.2) is 4.79 Å². The van der Waals surface area contributed by atoms with E-state index in [1.54, 1.807) is 36.7 Å². The van der Waals surface area contributed by atoms with Gasteiger partial charge in [0.2, 0.25) is 11.8 Å². The van der Waals surface area contributed by atoms with Gasteiger partial charge in [0.05, 0.1) is 6.04 Å². The molecule has 5 N–H and O–H groups in total. The number of carbonyl (C=O) groups excluding carboxylic acids is 4. The fraction of sp³-hybridized carbons (Fsp3) is 0.250. The number of aliphatic hydroxyl groups is 1. The van der Waals surface area contributed by atoms with E-state index >= 15 is 0 Å². The number of alkyl carbamates (subject to hydrolysis) is 1. The molecule has 4 amide bonds. The maximum Gasteiger partial charge on any atom is 0.408 e. The summed E-state index contributed by atoms with van der Waals surface area (Å²) in [5, 5.41) is 21.9. The number of hydrogen-bond donors (Lipinski definition) is 5. The summed E-state index contributed by atoms with van der Waals surface area (Å²) in [7, 11) is 0. The molecule has 0 saturated heterocycles. The van der Waals surface area contributed by atoms with Crippen LogP contribution in [0.1, 0.15) is 29.2 Å². The highest BCUT2D eigenvalue weighted by Crippen LogP contribution is 2.10. The highest BCUT2D eigenvalue weighted by molar-refractivity contribution is 5.92. The van der Waals surface area contributed by atoms with E-state index in [0.717, 1.165) is 16.7 Å². The van der Waals surface area contributed by atoms with Crippen molar-refractivity contribution in [1.82, 2.24) is 26.3 Å². The van der Waals surface area contributed by atoms with Crippen molar-refractivity contribution in [3.8, 4) is 0 Å². The zero-order chi connectivity index (χ0) is 33.4. The smallest absolute Gasteiger partial charge is 0.408 e. The van der Waals surface area contributed by atoms with E-state index in [1.807, 2.05) is 78.9 Å². The van der Waals surface area contributed by atoms with Crippen LogP contribution in [0.25, 0.3) is 0 Å². The van der Waals surface area contributed by atoms with Crippen LogP contribution in [0.3, 0.4) is 0 Å². The first-order valence-corrected chi connectivity index (χ1v) is 15.3. The van der Waals surface area contributed by atoms with Gasteiger partial charge >= 0.3 is 6.09 Å². The van der Waals surface area contributed by atoms with Gasteiger partial charge in [0.1, 0.15) is 18.7 Å².